The molecule has 2 aromatic carbocycles. The Morgan fingerprint density at radius 1 is 1.08 bits per heavy atom. The second kappa shape index (κ2) is 5.09. The van der Waals surface area contributed by atoms with Crippen LogP contribution in [0.2, 0.25) is 0 Å². The van der Waals surface area contributed by atoms with E-state index in [1.807, 2.05) is 0 Å². The Kier molecular flexibility index (Phi) is 3.02. The van der Waals surface area contributed by atoms with E-state index in [0.29, 0.717) is 5.56 Å². The molecule has 1 aliphatic heterocycles. The van der Waals surface area contributed by atoms with E-state index in [2.05, 4.69) is 0 Å². The van der Waals surface area contributed by atoms with Crippen molar-refractivity contribution >= 4 is 11.0 Å². The highest BCUT2D eigenvalue weighted by Crippen LogP contribution is 2.52. The van der Waals surface area contributed by atoms with Crippen molar-refractivity contribution in [1.29, 1.82) is 0 Å². The minimum atomic E-state index is -0.451. The average Bonchev–Trinajstić information content (AvgIpc) is 3.05. The average molecular weight is 328 g/mol. The quantitative estimate of drug-likeness (QED) is 0.746. The van der Waals surface area contributed by atoms with Crippen molar-refractivity contribution in [3.63, 3.8) is 0 Å². The van der Waals surface area contributed by atoms with Crippen LogP contribution in [0.1, 0.15) is 0 Å². The van der Waals surface area contributed by atoms with Crippen molar-refractivity contribution in [3.8, 4) is 40.1 Å². The number of phenols is 2. The van der Waals surface area contributed by atoms with Gasteiger partial charge in [-0.25, -0.2) is 0 Å². The van der Waals surface area contributed by atoms with E-state index < -0.39 is 5.43 Å². The van der Waals surface area contributed by atoms with Crippen molar-refractivity contribution in [2.45, 2.75) is 0 Å². The van der Waals surface area contributed by atoms with Crippen LogP contribution in [0.25, 0.3) is 22.3 Å². The molecule has 0 saturated carbocycles. The van der Waals surface area contributed by atoms with Gasteiger partial charge in [-0.3, -0.25) is 4.79 Å². The molecule has 0 radical (unpaired) electrons. The number of hydrogen-bond donors (Lipinski definition) is 2. The van der Waals surface area contributed by atoms with Crippen LogP contribution in [0.4, 0.5) is 0 Å². The van der Waals surface area contributed by atoms with Gasteiger partial charge in [0.15, 0.2) is 16.8 Å². The van der Waals surface area contributed by atoms with Gasteiger partial charge in [0.25, 0.3) is 0 Å². The number of rotatable bonds is 2. The maximum atomic E-state index is 12.5. The molecule has 24 heavy (non-hydrogen) atoms. The molecule has 2 heterocycles. The summed E-state index contributed by atoms with van der Waals surface area (Å²) < 4.78 is 21.6. The van der Waals surface area contributed by atoms with E-state index in [9.17, 15) is 15.0 Å². The summed E-state index contributed by atoms with van der Waals surface area (Å²) >= 11 is 0. The summed E-state index contributed by atoms with van der Waals surface area (Å²) in [7, 11) is 1.36. The Labute approximate surface area is 135 Å². The molecule has 1 aromatic heterocycles. The summed E-state index contributed by atoms with van der Waals surface area (Å²) in [6.45, 7) is -0.0720. The first kappa shape index (κ1) is 14.3. The van der Waals surface area contributed by atoms with Gasteiger partial charge >= 0.3 is 0 Å². The fourth-order valence-electron chi connectivity index (χ4n) is 2.67. The van der Waals surface area contributed by atoms with Crippen molar-refractivity contribution in [2.75, 3.05) is 13.9 Å². The third-order valence-electron chi connectivity index (χ3n) is 3.78. The van der Waals surface area contributed by atoms with Crippen LogP contribution in [0, 0.1) is 0 Å². The van der Waals surface area contributed by atoms with Crippen LogP contribution in [0.3, 0.4) is 0 Å². The molecule has 0 saturated heterocycles. The van der Waals surface area contributed by atoms with Crippen LogP contribution in [0.15, 0.2) is 39.5 Å². The summed E-state index contributed by atoms with van der Waals surface area (Å²) in [4.78, 5) is 12.5. The number of benzene rings is 2. The van der Waals surface area contributed by atoms with Gasteiger partial charge in [-0.15, -0.1) is 0 Å². The largest absolute Gasteiger partial charge is 0.508 e. The maximum Gasteiger partial charge on any atom is 0.231 e. The zero-order valence-corrected chi connectivity index (χ0v) is 12.5. The molecule has 0 amide bonds. The third-order valence-corrected chi connectivity index (χ3v) is 3.78. The van der Waals surface area contributed by atoms with Crippen LogP contribution in [0.5, 0.6) is 28.7 Å². The molecule has 0 spiro atoms. The highest BCUT2D eigenvalue weighted by atomic mass is 16.7. The first-order chi connectivity index (χ1) is 11.6. The number of phenolic OH excluding ortho intramolecular Hbond substituents is 2. The number of ether oxygens (including phenoxy) is 3. The molecule has 122 valence electrons. The van der Waals surface area contributed by atoms with Crippen molar-refractivity contribution in [3.05, 3.63) is 40.6 Å². The first-order valence-corrected chi connectivity index (χ1v) is 7.06. The monoisotopic (exact) mass is 328 g/mol. The molecule has 0 fully saturated rings. The summed E-state index contributed by atoms with van der Waals surface area (Å²) in [5, 5.41) is 19.7. The van der Waals surface area contributed by atoms with E-state index in [0.717, 1.165) is 0 Å². The van der Waals surface area contributed by atoms with Crippen LogP contribution < -0.4 is 19.6 Å². The van der Waals surface area contributed by atoms with E-state index in [4.69, 9.17) is 18.6 Å². The second-order valence-corrected chi connectivity index (χ2v) is 5.17. The fourth-order valence-corrected chi connectivity index (χ4v) is 2.67. The lowest BCUT2D eigenvalue weighted by Crippen LogP contribution is -2.02. The van der Waals surface area contributed by atoms with Crippen LogP contribution >= 0.6 is 0 Å². The van der Waals surface area contributed by atoms with Crippen molar-refractivity contribution in [2.24, 2.45) is 0 Å². The van der Waals surface area contributed by atoms with Gasteiger partial charge in [0.05, 0.1) is 7.11 Å². The van der Waals surface area contributed by atoms with Gasteiger partial charge in [-0.2, -0.15) is 0 Å². The Hall–Kier alpha value is -3.35. The highest BCUT2D eigenvalue weighted by molar-refractivity contribution is 5.95. The molecule has 4 rings (SSSR count). The van der Waals surface area contributed by atoms with E-state index in [-0.39, 0.29) is 52.3 Å². The minimum absolute atomic E-state index is 0.0275. The highest BCUT2D eigenvalue weighted by Gasteiger charge is 2.30. The molecule has 3 aromatic rings. The number of fused-ring (bicyclic) bond motifs is 3. The Morgan fingerprint density at radius 3 is 2.50 bits per heavy atom. The van der Waals surface area contributed by atoms with E-state index in [1.165, 1.54) is 25.3 Å². The van der Waals surface area contributed by atoms with Crippen molar-refractivity contribution in [1.82, 2.24) is 0 Å². The Bertz CT molecular complexity index is 1000. The minimum Gasteiger partial charge on any atom is -0.508 e. The predicted molar refractivity (Wildman–Crippen MR) is 83.9 cm³/mol. The van der Waals surface area contributed by atoms with Gasteiger partial charge < -0.3 is 28.8 Å². The zero-order valence-electron chi connectivity index (χ0n) is 12.5. The van der Waals surface area contributed by atoms with Gasteiger partial charge in [-0.1, -0.05) is 0 Å². The summed E-state index contributed by atoms with van der Waals surface area (Å²) in [5.74, 6) is 0.435. The lowest BCUT2D eigenvalue weighted by atomic mass is 10.1. The molecule has 7 nitrogen and oxygen atoms in total. The Morgan fingerprint density at radius 2 is 1.79 bits per heavy atom. The van der Waals surface area contributed by atoms with Gasteiger partial charge in [0.1, 0.15) is 16.9 Å². The summed E-state index contributed by atoms with van der Waals surface area (Å²) in [6, 6.07) is 7.45. The smallest absolute Gasteiger partial charge is 0.231 e. The first-order valence-electron chi connectivity index (χ1n) is 7.06. The third kappa shape index (κ3) is 1.95. The Balaban J connectivity index is 2.06. The number of hydrogen-bond acceptors (Lipinski definition) is 7. The molecular weight excluding hydrogens is 316 g/mol. The van der Waals surface area contributed by atoms with Crippen molar-refractivity contribution < 1.29 is 28.8 Å². The van der Waals surface area contributed by atoms with Crippen LogP contribution in [-0.4, -0.2) is 24.1 Å². The fraction of sp³-hybridized carbons (Fsp3) is 0.118. The molecule has 0 aliphatic carbocycles. The molecule has 0 unspecified atom stereocenters. The second-order valence-electron chi connectivity index (χ2n) is 5.17. The normalized spacial score (nSPS) is 12.5. The number of aromatic hydroxyl groups is 2. The van der Waals surface area contributed by atoms with Crippen LogP contribution in [-0.2, 0) is 0 Å². The SMILES string of the molecule is COc1c2c(c3oc(-c4ccc(O)cc4)cc(=O)c3c1O)OCO2. The predicted octanol–water partition coefficient (Wildman–Crippen LogP) is 2.61. The van der Waals surface area contributed by atoms with Gasteiger partial charge in [0.2, 0.25) is 24.0 Å². The van der Waals surface area contributed by atoms with Gasteiger partial charge in [0, 0.05) is 11.6 Å². The van der Waals surface area contributed by atoms with E-state index in [1.54, 1.807) is 12.1 Å². The molecule has 1 aliphatic rings. The molecule has 2 N–H and O–H groups in total. The summed E-state index contributed by atoms with van der Waals surface area (Å²) in [6.07, 6.45) is 0. The van der Waals surface area contributed by atoms with Gasteiger partial charge in [-0.05, 0) is 24.3 Å². The molecular formula is C17H12O7. The lowest BCUT2D eigenvalue weighted by Gasteiger charge is -2.11. The topological polar surface area (TPSA) is 98.4 Å². The number of methoxy groups -OCH3 is 1. The summed E-state index contributed by atoms with van der Waals surface area (Å²) in [5.41, 5.74) is 0.222. The maximum absolute atomic E-state index is 12.5. The molecule has 0 bridgehead atoms. The zero-order chi connectivity index (χ0) is 16.8. The lowest BCUT2D eigenvalue weighted by molar-refractivity contribution is 0.171. The van der Waals surface area contributed by atoms with E-state index >= 15 is 0 Å². The standard InChI is InChI=1S/C17H12O7/c1-21-15-13(20)12-10(19)6-11(8-2-4-9(18)5-3-8)24-14(12)16-17(15)23-7-22-16/h2-6,18,20H,7H2,1H3. The molecule has 7 heteroatoms. The molecule has 0 atom stereocenters.